The molecule has 0 spiro atoms. The molecule has 2 aliphatic heterocycles. The zero-order valence-electron chi connectivity index (χ0n) is 18.9. The van der Waals surface area contributed by atoms with Crippen LogP contribution in [0.2, 0.25) is 0 Å². The van der Waals surface area contributed by atoms with Crippen molar-refractivity contribution in [1.29, 1.82) is 0 Å². The fourth-order valence-corrected chi connectivity index (χ4v) is 5.15. The molecule has 3 heterocycles. The van der Waals surface area contributed by atoms with Gasteiger partial charge >= 0.3 is 0 Å². The molecule has 1 unspecified atom stereocenters. The average Bonchev–Trinajstić information content (AvgIpc) is 3.31. The topological polar surface area (TPSA) is 111 Å². The predicted molar refractivity (Wildman–Crippen MR) is 126 cm³/mol. The molecule has 10 heteroatoms. The Kier molecular flexibility index (Phi) is 6.37. The lowest BCUT2D eigenvalue weighted by molar-refractivity contribution is -0.137. The van der Waals surface area contributed by atoms with Crippen LogP contribution in [0.25, 0.3) is 0 Å². The van der Waals surface area contributed by atoms with E-state index in [1.54, 1.807) is 5.38 Å². The maximum atomic E-state index is 12.8. The number of carbonyl (C=O) groups is 4. The normalized spacial score (nSPS) is 17.6. The Labute approximate surface area is 196 Å². The monoisotopic (exact) mass is 469 g/mol. The van der Waals surface area contributed by atoms with E-state index in [9.17, 15) is 19.2 Å². The van der Waals surface area contributed by atoms with Gasteiger partial charge in [-0.2, -0.15) is 0 Å². The first kappa shape index (κ1) is 22.8. The van der Waals surface area contributed by atoms with Crippen LogP contribution in [-0.4, -0.2) is 55.2 Å². The molecule has 0 bridgehead atoms. The van der Waals surface area contributed by atoms with Gasteiger partial charge in [-0.05, 0) is 36.6 Å². The van der Waals surface area contributed by atoms with Crippen LogP contribution in [0.15, 0.2) is 23.6 Å². The third-order valence-electron chi connectivity index (χ3n) is 5.98. The van der Waals surface area contributed by atoms with Crippen molar-refractivity contribution in [2.45, 2.75) is 38.9 Å². The number of carbonyl (C=O) groups excluding carboxylic acids is 4. The Balaban J connectivity index is 1.33. The quantitative estimate of drug-likeness (QED) is 0.532. The van der Waals surface area contributed by atoms with Crippen LogP contribution < -0.4 is 20.9 Å². The first-order valence-corrected chi connectivity index (χ1v) is 11.6. The number of hydrogen-bond acceptors (Lipinski definition) is 7. The molecule has 1 fully saturated rings. The maximum Gasteiger partial charge on any atom is 0.256 e. The van der Waals surface area contributed by atoms with E-state index in [1.807, 2.05) is 44.1 Å². The third kappa shape index (κ3) is 4.70. The molecule has 4 amide bonds. The van der Waals surface area contributed by atoms with Crippen LogP contribution in [0.3, 0.4) is 0 Å². The van der Waals surface area contributed by atoms with Crippen LogP contribution in [0.5, 0.6) is 0 Å². The molecule has 3 N–H and O–H groups in total. The standard InChI is InChI=1S/C23H27N5O4S/c1-13-4-5-14(8-18(13)27(2)3)24-10-21(30)25-9-19-15-11-28(23(32)16(15)12-33-19)17-6-7-20(29)26-22(17)31/h4-5,8,12,17,24H,6-7,9-11H2,1-3H3,(H,25,30)(H,26,29,31). The lowest BCUT2D eigenvalue weighted by Crippen LogP contribution is -2.52. The van der Waals surface area contributed by atoms with Crippen molar-refractivity contribution in [2.24, 2.45) is 0 Å². The molecule has 9 nitrogen and oxygen atoms in total. The zero-order valence-corrected chi connectivity index (χ0v) is 19.7. The SMILES string of the molecule is Cc1ccc(NCC(=O)NCc2scc3c2CN(C2CCC(=O)NC2=O)C3=O)cc1N(C)C. The fourth-order valence-electron chi connectivity index (χ4n) is 4.18. The van der Waals surface area contributed by atoms with Crippen LogP contribution in [0.4, 0.5) is 11.4 Å². The molecular formula is C23H27N5O4S. The highest BCUT2D eigenvalue weighted by molar-refractivity contribution is 7.10. The van der Waals surface area contributed by atoms with Crippen molar-refractivity contribution >= 4 is 46.3 Å². The van der Waals surface area contributed by atoms with Crippen molar-refractivity contribution in [3.05, 3.63) is 45.1 Å². The van der Waals surface area contributed by atoms with E-state index in [2.05, 4.69) is 16.0 Å². The molecule has 1 saturated heterocycles. The smallest absolute Gasteiger partial charge is 0.256 e. The summed E-state index contributed by atoms with van der Waals surface area (Å²) in [6, 6.07) is 5.32. The number of amides is 4. The number of piperidine rings is 1. The minimum absolute atomic E-state index is 0.130. The molecule has 4 rings (SSSR count). The summed E-state index contributed by atoms with van der Waals surface area (Å²) in [5, 5.41) is 10.1. The first-order chi connectivity index (χ1) is 15.7. The zero-order chi connectivity index (χ0) is 23.7. The van der Waals surface area contributed by atoms with Crippen molar-refractivity contribution in [3.63, 3.8) is 0 Å². The minimum atomic E-state index is -0.638. The Morgan fingerprint density at radius 3 is 2.79 bits per heavy atom. The fraction of sp³-hybridized carbons (Fsp3) is 0.391. The molecule has 0 radical (unpaired) electrons. The number of hydrogen-bond donors (Lipinski definition) is 3. The van der Waals surface area contributed by atoms with E-state index in [-0.39, 0.29) is 30.7 Å². The molecule has 1 aromatic carbocycles. The number of nitrogens with one attached hydrogen (secondary N) is 3. The number of aryl methyl sites for hydroxylation is 1. The highest BCUT2D eigenvalue weighted by Gasteiger charge is 2.40. The number of benzene rings is 1. The molecule has 1 aromatic heterocycles. The van der Waals surface area contributed by atoms with E-state index < -0.39 is 11.9 Å². The van der Waals surface area contributed by atoms with Crippen molar-refractivity contribution in [3.8, 4) is 0 Å². The van der Waals surface area contributed by atoms with Crippen molar-refractivity contribution in [1.82, 2.24) is 15.5 Å². The van der Waals surface area contributed by atoms with Gasteiger partial charge in [-0.25, -0.2) is 0 Å². The third-order valence-corrected chi connectivity index (χ3v) is 7.01. The highest BCUT2D eigenvalue weighted by atomic mass is 32.1. The van der Waals surface area contributed by atoms with Gasteiger partial charge in [-0.3, -0.25) is 24.5 Å². The van der Waals surface area contributed by atoms with E-state index in [4.69, 9.17) is 0 Å². The Morgan fingerprint density at radius 1 is 1.27 bits per heavy atom. The first-order valence-electron chi connectivity index (χ1n) is 10.8. The van der Waals surface area contributed by atoms with Gasteiger partial charge in [0.15, 0.2) is 0 Å². The molecule has 2 aliphatic rings. The summed E-state index contributed by atoms with van der Waals surface area (Å²) in [5.41, 5.74) is 4.52. The van der Waals surface area contributed by atoms with E-state index in [1.165, 1.54) is 16.2 Å². The predicted octanol–water partition coefficient (Wildman–Crippen LogP) is 1.61. The molecule has 2 aromatic rings. The molecule has 174 valence electrons. The van der Waals surface area contributed by atoms with Crippen molar-refractivity contribution < 1.29 is 19.2 Å². The van der Waals surface area contributed by atoms with E-state index >= 15 is 0 Å². The molecule has 1 atom stereocenters. The Bertz CT molecular complexity index is 1130. The van der Waals surface area contributed by atoms with Crippen LogP contribution in [0, 0.1) is 6.92 Å². The number of anilines is 2. The lowest BCUT2D eigenvalue weighted by atomic mass is 10.0. The van der Waals surface area contributed by atoms with Gasteiger partial charge in [0, 0.05) is 48.7 Å². The van der Waals surface area contributed by atoms with Crippen LogP contribution in [0.1, 0.15) is 39.2 Å². The van der Waals surface area contributed by atoms with E-state index in [0.29, 0.717) is 25.1 Å². The summed E-state index contributed by atoms with van der Waals surface area (Å²) in [4.78, 5) is 53.2. The number of rotatable bonds is 7. The summed E-state index contributed by atoms with van der Waals surface area (Å²) in [6.45, 7) is 2.79. The van der Waals surface area contributed by atoms with Gasteiger partial charge in [0.25, 0.3) is 5.91 Å². The van der Waals surface area contributed by atoms with Crippen LogP contribution in [-0.2, 0) is 27.5 Å². The van der Waals surface area contributed by atoms with Gasteiger partial charge in [0.2, 0.25) is 17.7 Å². The summed E-state index contributed by atoms with van der Waals surface area (Å²) >= 11 is 1.43. The second kappa shape index (κ2) is 9.22. The summed E-state index contributed by atoms with van der Waals surface area (Å²) < 4.78 is 0. The molecule has 0 saturated carbocycles. The minimum Gasteiger partial charge on any atom is -0.377 e. The van der Waals surface area contributed by atoms with Gasteiger partial charge in [0.1, 0.15) is 6.04 Å². The summed E-state index contributed by atoms with van der Waals surface area (Å²) in [7, 11) is 3.95. The second-order valence-corrected chi connectivity index (χ2v) is 9.44. The lowest BCUT2D eigenvalue weighted by Gasteiger charge is -2.29. The molecule has 33 heavy (non-hydrogen) atoms. The van der Waals surface area contributed by atoms with Crippen LogP contribution >= 0.6 is 11.3 Å². The van der Waals surface area contributed by atoms with Crippen molar-refractivity contribution in [2.75, 3.05) is 30.9 Å². The summed E-state index contributed by atoms with van der Waals surface area (Å²) in [5.74, 6) is -1.10. The summed E-state index contributed by atoms with van der Waals surface area (Å²) in [6.07, 6.45) is 0.552. The van der Waals surface area contributed by atoms with Gasteiger partial charge in [-0.1, -0.05) is 6.07 Å². The largest absolute Gasteiger partial charge is 0.377 e. The Morgan fingerprint density at radius 2 is 2.06 bits per heavy atom. The average molecular weight is 470 g/mol. The molecular weight excluding hydrogens is 442 g/mol. The molecule has 0 aliphatic carbocycles. The number of nitrogens with zero attached hydrogens (tertiary/aromatic N) is 2. The van der Waals surface area contributed by atoms with Gasteiger partial charge < -0.3 is 20.4 Å². The number of thiophene rings is 1. The number of fused-ring (bicyclic) bond motifs is 1. The Hall–Kier alpha value is -3.40. The number of imide groups is 1. The highest BCUT2D eigenvalue weighted by Crippen LogP contribution is 2.33. The van der Waals surface area contributed by atoms with Gasteiger partial charge in [-0.15, -0.1) is 11.3 Å². The second-order valence-electron chi connectivity index (χ2n) is 8.48. The maximum absolute atomic E-state index is 12.8. The van der Waals surface area contributed by atoms with Gasteiger partial charge in [0.05, 0.1) is 18.7 Å². The van der Waals surface area contributed by atoms with E-state index in [0.717, 1.165) is 27.4 Å².